The molecule has 0 saturated heterocycles. The van der Waals surface area contributed by atoms with Crippen LogP contribution in [0.25, 0.3) is 0 Å². The Labute approximate surface area is 105 Å². The second kappa shape index (κ2) is 4.88. The van der Waals surface area contributed by atoms with Gasteiger partial charge < -0.3 is 14.9 Å². The number of carbonyl (C=O) groups excluding carboxylic acids is 1. The number of carboxylic acids is 1. The zero-order valence-corrected chi connectivity index (χ0v) is 9.56. The Morgan fingerprint density at radius 1 is 1.37 bits per heavy atom. The minimum Gasteiger partial charge on any atom is -0.478 e. The molecule has 0 aliphatic carbocycles. The molecular formula is C11H9F3O5. The summed E-state index contributed by atoms with van der Waals surface area (Å²) in [4.78, 5) is 21.0. The first-order chi connectivity index (χ1) is 8.61. The normalized spacial score (nSPS) is 14.6. The molecule has 0 heterocycles. The molecule has 1 unspecified atom stereocenters. The lowest BCUT2D eigenvalue weighted by atomic mass is 9.90. The molecule has 2 N–H and O–H groups in total. The van der Waals surface area contributed by atoms with Gasteiger partial charge >= 0.3 is 12.1 Å². The lowest BCUT2D eigenvalue weighted by Crippen LogP contribution is -2.40. The first-order valence-electron chi connectivity index (χ1n) is 4.88. The minimum atomic E-state index is -5.09. The summed E-state index contributed by atoms with van der Waals surface area (Å²) in [6, 6.07) is 2.48. The van der Waals surface area contributed by atoms with Crippen LogP contribution in [0.4, 0.5) is 13.2 Å². The SMILES string of the molecule is CC(O)(c1cc(OC=O)ccc1C(=O)O)C(F)(F)F. The standard InChI is InChI=1S/C11H9F3O5/c1-10(18,11(12,13)14)8-4-6(19-5-15)2-3-7(8)9(16)17/h2-5,18H,1H3,(H,16,17). The molecule has 0 spiro atoms. The first-order valence-corrected chi connectivity index (χ1v) is 4.88. The average Bonchev–Trinajstić information content (AvgIpc) is 2.27. The molecule has 8 heteroatoms. The number of aliphatic hydroxyl groups is 1. The molecule has 1 atom stereocenters. The molecule has 1 aromatic carbocycles. The fourth-order valence-corrected chi connectivity index (χ4v) is 1.39. The molecule has 0 aromatic heterocycles. The highest BCUT2D eigenvalue weighted by molar-refractivity contribution is 5.90. The summed E-state index contributed by atoms with van der Waals surface area (Å²) in [6.07, 6.45) is -5.09. The molecule has 1 rings (SSSR count). The van der Waals surface area contributed by atoms with Crippen LogP contribution in [0, 0.1) is 0 Å². The fraction of sp³-hybridized carbons (Fsp3) is 0.273. The van der Waals surface area contributed by atoms with Crippen molar-refractivity contribution in [1.82, 2.24) is 0 Å². The Balaban J connectivity index is 3.49. The minimum absolute atomic E-state index is 0.0259. The number of ether oxygens (including phenoxy) is 1. The molecule has 0 aliphatic heterocycles. The molecule has 0 aliphatic rings. The van der Waals surface area contributed by atoms with E-state index in [4.69, 9.17) is 5.11 Å². The van der Waals surface area contributed by atoms with E-state index in [0.717, 1.165) is 12.1 Å². The van der Waals surface area contributed by atoms with E-state index in [1.807, 2.05) is 0 Å². The van der Waals surface area contributed by atoms with Crippen LogP contribution in [-0.2, 0) is 10.4 Å². The summed E-state index contributed by atoms with van der Waals surface area (Å²) >= 11 is 0. The summed E-state index contributed by atoms with van der Waals surface area (Å²) in [5.41, 5.74) is -5.03. The topological polar surface area (TPSA) is 83.8 Å². The Morgan fingerprint density at radius 3 is 2.37 bits per heavy atom. The predicted molar refractivity (Wildman–Crippen MR) is 55.7 cm³/mol. The predicted octanol–water partition coefficient (Wildman–Crippen LogP) is 1.69. The van der Waals surface area contributed by atoms with Crippen LogP contribution in [0.15, 0.2) is 18.2 Å². The van der Waals surface area contributed by atoms with Gasteiger partial charge in [0, 0.05) is 5.56 Å². The molecular weight excluding hydrogens is 269 g/mol. The van der Waals surface area contributed by atoms with Crippen molar-refractivity contribution < 1.29 is 37.7 Å². The number of aromatic carboxylic acids is 1. The molecule has 104 valence electrons. The third kappa shape index (κ3) is 2.84. The Kier molecular flexibility index (Phi) is 3.85. The zero-order chi connectivity index (χ0) is 14.8. The van der Waals surface area contributed by atoms with Crippen LogP contribution < -0.4 is 4.74 Å². The van der Waals surface area contributed by atoms with Crippen LogP contribution in [-0.4, -0.2) is 28.8 Å². The van der Waals surface area contributed by atoms with Crippen molar-refractivity contribution >= 4 is 12.4 Å². The maximum atomic E-state index is 12.7. The van der Waals surface area contributed by atoms with Crippen molar-refractivity contribution in [3.05, 3.63) is 29.3 Å². The summed E-state index contributed by atoms with van der Waals surface area (Å²) in [6.45, 7) is 0.390. The Hall–Kier alpha value is -2.09. The summed E-state index contributed by atoms with van der Waals surface area (Å²) in [5, 5.41) is 18.3. The van der Waals surface area contributed by atoms with Crippen LogP contribution >= 0.6 is 0 Å². The van der Waals surface area contributed by atoms with E-state index in [1.165, 1.54) is 0 Å². The number of hydrogen-bond donors (Lipinski definition) is 2. The number of rotatable bonds is 4. The molecule has 0 radical (unpaired) electrons. The smallest absolute Gasteiger partial charge is 0.421 e. The largest absolute Gasteiger partial charge is 0.478 e. The van der Waals surface area contributed by atoms with Crippen molar-refractivity contribution in [2.24, 2.45) is 0 Å². The van der Waals surface area contributed by atoms with Gasteiger partial charge in [-0.1, -0.05) is 0 Å². The van der Waals surface area contributed by atoms with E-state index in [-0.39, 0.29) is 12.2 Å². The number of alkyl halides is 3. The van der Waals surface area contributed by atoms with Crippen LogP contribution in [0.3, 0.4) is 0 Å². The summed E-state index contributed by atoms with van der Waals surface area (Å²) in [7, 11) is 0. The van der Waals surface area contributed by atoms with Gasteiger partial charge in [-0.05, 0) is 25.1 Å². The molecule has 0 fully saturated rings. The van der Waals surface area contributed by atoms with Crippen molar-refractivity contribution in [1.29, 1.82) is 0 Å². The Morgan fingerprint density at radius 2 is 1.95 bits per heavy atom. The van der Waals surface area contributed by atoms with Gasteiger partial charge in [-0.2, -0.15) is 13.2 Å². The van der Waals surface area contributed by atoms with Gasteiger partial charge in [-0.15, -0.1) is 0 Å². The second-order valence-corrected chi connectivity index (χ2v) is 3.80. The number of hydrogen-bond acceptors (Lipinski definition) is 4. The lowest BCUT2D eigenvalue weighted by Gasteiger charge is -2.28. The fourth-order valence-electron chi connectivity index (χ4n) is 1.39. The molecule has 0 amide bonds. The van der Waals surface area contributed by atoms with Crippen LogP contribution in [0.1, 0.15) is 22.8 Å². The molecule has 5 nitrogen and oxygen atoms in total. The van der Waals surface area contributed by atoms with E-state index in [2.05, 4.69) is 4.74 Å². The highest BCUT2D eigenvalue weighted by Crippen LogP contribution is 2.41. The van der Waals surface area contributed by atoms with Crippen molar-refractivity contribution in [3.63, 3.8) is 0 Å². The Bertz CT molecular complexity index is 508. The molecule has 0 bridgehead atoms. The van der Waals surface area contributed by atoms with Gasteiger partial charge in [-0.3, -0.25) is 4.79 Å². The third-order valence-electron chi connectivity index (χ3n) is 2.48. The van der Waals surface area contributed by atoms with E-state index in [9.17, 15) is 27.9 Å². The lowest BCUT2D eigenvalue weighted by molar-refractivity contribution is -0.259. The van der Waals surface area contributed by atoms with Gasteiger partial charge in [0.25, 0.3) is 6.47 Å². The summed E-state index contributed by atoms with van der Waals surface area (Å²) in [5.74, 6) is -1.95. The van der Waals surface area contributed by atoms with Gasteiger partial charge in [0.2, 0.25) is 0 Å². The molecule has 0 saturated carbocycles. The van der Waals surface area contributed by atoms with Crippen molar-refractivity contribution in [2.45, 2.75) is 18.7 Å². The number of carboxylic acid groups (broad SMARTS) is 1. The first kappa shape index (κ1) is 15.0. The van der Waals surface area contributed by atoms with E-state index < -0.39 is 28.9 Å². The van der Waals surface area contributed by atoms with Gasteiger partial charge in [0.05, 0.1) is 5.56 Å². The quantitative estimate of drug-likeness (QED) is 0.819. The van der Waals surface area contributed by atoms with E-state index in [0.29, 0.717) is 13.0 Å². The number of benzene rings is 1. The summed E-state index contributed by atoms with van der Waals surface area (Å²) < 4.78 is 42.5. The number of halogens is 3. The van der Waals surface area contributed by atoms with Crippen molar-refractivity contribution in [2.75, 3.05) is 0 Å². The van der Waals surface area contributed by atoms with Gasteiger partial charge in [-0.25, -0.2) is 4.79 Å². The van der Waals surface area contributed by atoms with Crippen LogP contribution in [0.2, 0.25) is 0 Å². The van der Waals surface area contributed by atoms with Gasteiger partial charge in [0.1, 0.15) is 5.75 Å². The molecule has 1 aromatic rings. The van der Waals surface area contributed by atoms with Crippen LogP contribution in [0.5, 0.6) is 5.75 Å². The van der Waals surface area contributed by atoms with Gasteiger partial charge in [0.15, 0.2) is 5.60 Å². The highest BCUT2D eigenvalue weighted by atomic mass is 19.4. The van der Waals surface area contributed by atoms with Crippen molar-refractivity contribution in [3.8, 4) is 5.75 Å². The maximum Gasteiger partial charge on any atom is 0.421 e. The third-order valence-corrected chi connectivity index (χ3v) is 2.48. The highest BCUT2D eigenvalue weighted by Gasteiger charge is 2.52. The molecule has 19 heavy (non-hydrogen) atoms. The maximum absolute atomic E-state index is 12.7. The second-order valence-electron chi connectivity index (χ2n) is 3.80. The monoisotopic (exact) mass is 278 g/mol. The zero-order valence-electron chi connectivity index (χ0n) is 9.56. The average molecular weight is 278 g/mol. The van der Waals surface area contributed by atoms with E-state index >= 15 is 0 Å². The van der Waals surface area contributed by atoms with E-state index in [1.54, 1.807) is 0 Å². The number of carbonyl (C=O) groups is 2.